The first-order valence-electron chi connectivity index (χ1n) is 10.8. The maximum absolute atomic E-state index is 15.8. The molecule has 0 saturated heterocycles. The highest BCUT2D eigenvalue weighted by Gasteiger charge is 2.32. The number of H-pyrrole nitrogens is 1. The zero-order valence-corrected chi connectivity index (χ0v) is 18.6. The lowest BCUT2D eigenvalue weighted by atomic mass is 9.86. The van der Waals surface area contributed by atoms with Gasteiger partial charge in [-0.15, -0.1) is 0 Å². The van der Waals surface area contributed by atoms with Crippen LogP contribution in [-0.4, -0.2) is 21.3 Å². The summed E-state index contributed by atoms with van der Waals surface area (Å²) < 4.78 is 29.6. The van der Waals surface area contributed by atoms with Gasteiger partial charge in [-0.05, 0) is 76.9 Å². The Morgan fingerprint density at radius 2 is 1.79 bits per heavy atom. The molecule has 1 aromatic heterocycles. The molecule has 34 heavy (non-hydrogen) atoms. The molecule has 4 aromatic rings. The van der Waals surface area contributed by atoms with Gasteiger partial charge in [-0.25, -0.2) is 13.6 Å². The molecule has 7 heteroatoms. The number of fused-ring (bicyclic) bond motifs is 1. The number of hydrogen-bond acceptors (Lipinski definition) is 2. The van der Waals surface area contributed by atoms with Crippen molar-refractivity contribution in [2.45, 2.75) is 12.8 Å². The van der Waals surface area contributed by atoms with E-state index >= 15 is 4.39 Å². The Hall–Kier alpha value is -3.77. The van der Waals surface area contributed by atoms with Gasteiger partial charge in [0, 0.05) is 11.6 Å². The molecule has 0 amide bonds. The van der Waals surface area contributed by atoms with E-state index in [0.717, 1.165) is 30.1 Å². The normalized spacial score (nSPS) is 14.6. The van der Waals surface area contributed by atoms with Crippen molar-refractivity contribution in [1.29, 1.82) is 0 Å². The monoisotopic (exact) mass is 476 g/mol. The van der Waals surface area contributed by atoms with Crippen LogP contribution in [0.5, 0.6) is 0 Å². The Balaban J connectivity index is 1.77. The van der Waals surface area contributed by atoms with Crippen LogP contribution in [0.2, 0.25) is 5.02 Å². The number of halogens is 3. The number of carboxylic acid groups (broad SMARTS) is 1. The van der Waals surface area contributed by atoms with Gasteiger partial charge in [0.25, 0.3) is 0 Å². The molecule has 0 radical (unpaired) electrons. The fourth-order valence-electron chi connectivity index (χ4n) is 4.20. The maximum atomic E-state index is 15.8. The number of hydrogen-bond donors (Lipinski definition) is 2. The van der Waals surface area contributed by atoms with Crippen LogP contribution in [0.4, 0.5) is 8.78 Å². The Bertz CT molecular complexity index is 1470. The standard InChI is InChI=1S/C27H19ClF2N2O2/c28-22-13-18(29)8-9-19(22)25(17-6-7-17)26(16-4-1-15(2-5-16)3-12-24(33)34)20-10-11-23-21(27(20)30)14-31-32-23/h1-5,8-14,17H,6-7H2,(H,31,32)(H,33,34)/b12-3+,26-25+. The molecule has 4 nitrogen and oxygen atoms in total. The number of rotatable bonds is 6. The number of aromatic nitrogens is 2. The van der Waals surface area contributed by atoms with E-state index in [1.165, 1.54) is 24.4 Å². The first-order chi connectivity index (χ1) is 16.4. The smallest absolute Gasteiger partial charge is 0.328 e. The second-order valence-electron chi connectivity index (χ2n) is 8.24. The summed E-state index contributed by atoms with van der Waals surface area (Å²) in [6.45, 7) is 0. The summed E-state index contributed by atoms with van der Waals surface area (Å²) >= 11 is 6.48. The molecule has 1 aliphatic carbocycles. The number of allylic oxidation sites excluding steroid dienone is 1. The number of nitrogens with one attached hydrogen (secondary N) is 1. The van der Waals surface area contributed by atoms with Crippen molar-refractivity contribution in [3.8, 4) is 0 Å². The second kappa shape index (κ2) is 8.88. The first kappa shape index (κ1) is 22.0. The van der Waals surface area contributed by atoms with Crippen molar-refractivity contribution < 1.29 is 18.7 Å². The maximum Gasteiger partial charge on any atom is 0.328 e. The van der Waals surface area contributed by atoms with Crippen LogP contribution < -0.4 is 0 Å². The summed E-state index contributed by atoms with van der Waals surface area (Å²) in [6.07, 6.45) is 5.84. The summed E-state index contributed by atoms with van der Waals surface area (Å²) in [5.41, 5.74) is 4.63. The van der Waals surface area contributed by atoms with Gasteiger partial charge in [0.2, 0.25) is 0 Å². The first-order valence-corrected chi connectivity index (χ1v) is 11.1. The van der Waals surface area contributed by atoms with Crippen LogP contribution in [0.15, 0.2) is 66.9 Å². The molecule has 5 rings (SSSR count). The minimum Gasteiger partial charge on any atom is -0.478 e. The van der Waals surface area contributed by atoms with Gasteiger partial charge >= 0.3 is 5.97 Å². The number of benzene rings is 3. The van der Waals surface area contributed by atoms with Crippen molar-refractivity contribution >= 4 is 45.7 Å². The topological polar surface area (TPSA) is 66.0 Å². The third-order valence-corrected chi connectivity index (χ3v) is 6.23. The number of aromatic amines is 1. The van der Waals surface area contributed by atoms with Crippen LogP contribution in [0, 0.1) is 17.6 Å². The van der Waals surface area contributed by atoms with Crippen LogP contribution in [0.25, 0.3) is 28.1 Å². The van der Waals surface area contributed by atoms with Crippen molar-refractivity contribution in [2.24, 2.45) is 5.92 Å². The predicted octanol–water partition coefficient (Wildman–Crippen LogP) is 6.96. The Labute approximate surface area is 199 Å². The third-order valence-electron chi connectivity index (χ3n) is 5.92. The average Bonchev–Trinajstić information content (AvgIpc) is 3.53. The lowest BCUT2D eigenvalue weighted by molar-refractivity contribution is -0.131. The molecule has 1 fully saturated rings. The van der Waals surface area contributed by atoms with E-state index in [-0.39, 0.29) is 10.9 Å². The molecule has 1 aliphatic rings. The highest BCUT2D eigenvalue weighted by atomic mass is 35.5. The molecule has 0 aliphatic heterocycles. The summed E-state index contributed by atoms with van der Waals surface area (Å²) in [5, 5.41) is 16.3. The van der Waals surface area contributed by atoms with Crippen molar-refractivity contribution in [2.75, 3.05) is 0 Å². The van der Waals surface area contributed by atoms with E-state index in [2.05, 4.69) is 10.2 Å². The van der Waals surface area contributed by atoms with E-state index in [9.17, 15) is 9.18 Å². The molecule has 3 aromatic carbocycles. The van der Waals surface area contributed by atoms with E-state index in [0.29, 0.717) is 33.2 Å². The molecule has 2 N–H and O–H groups in total. The summed E-state index contributed by atoms with van der Waals surface area (Å²) in [7, 11) is 0. The molecule has 1 heterocycles. The van der Waals surface area contributed by atoms with Crippen LogP contribution in [0.3, 0.4) is 0 Å². The highest BCUT2D eigenvalue weighted by Crippen LogP contribution is 2.49. The predicted molar refractivity (Wildman–Crippen MR) is 129 cm³/mol. The lowest BCUT2D eigenvalue weighted by Crippen LogP contribution is -2.01. The average molecular weight is 477 g/mol. The number of carbonyl (C=O) groups is 1. The summed E-state index contributed by atoms with van der Waals surface area (Å²) in [6, 6.07) is 15.0. The Morgan fingerprint density at radius 1 is 1.06 bits per heavy atom. The van der Waals surface area contributed by atoms with Gasteiger partial charge in [-0.2, -0.15) is 5.10 Å². The zero-order valence-electron chi connectivity index (χ0n) is 17.9. The van der Waals surface area contributed by atoms with Gasteiger partial charge in [-0.1, -0.05) is 41.9 Å². The molecule has 0 bridgehead atoms. The van der Waals surface area contributed by atoms with E-state index in [1.54, 1.807) is 30.3 Å². The molecular formula is C27H19ClF2N2O2. The number of aliphatic carboxylic acids is 1. The zero-order chi connectivity index (χ0) is 23.8. The van der Waals surface area contributed by atoms with Gasteiger partial charge < -0.3 is 5.11 Å². The largest absolute Gasteiger partial charge is 0.478 e. The van der Waals surface area contributed by atoms with Crippen molar-refractivity contribution in [3.63, 3.8) is 0 Å². The van der Waals surface area contributed by atoms with Gasteiger partial charge in [0.15, 0.2) is 0 Å². The van der Waals surface area contributed by atoms with E-state index < -0.39 is 17.6 Å². The molecule has 170 valence electrons. The third kappa shape index (κ3) is 4.24. The minimum absolute atomic E-state index is 0.156. The van der Waals surface area contributed by atoms with Crippen LogP contribution in [-0.2, 0) is 4.79 Å². The molecule has 0 unspecified atom stereocenters. The van der Waals surface area contributed by atoms with Crippen molar-refractivity contribution in [1.82, 2.24) is 10.2 Å². The number of nitrogens with zero attached hydrogens (tertiary/aromatic N) is 1. The van der Waals surface area contributed by atoms with Crippen molar-refractivity contribution in [3.05, 3.63) is 106 Å². The fraction of sp³-hybridized carbons (Fsp3) is 0.111. The van der Waals surface area contributed by atoms with Crippen LogP contribution >= 0.6 is 11.6 Å². The highest BCUT2D eigenvalue weighted by molar-refractivity contribution is 6.33. The SMILES string of the molecule is O=C(O)/C=C/c1ccc(/C(=C(\c2ccc(F)cc2Cl)C2CC2)c2ccc3[nH]ncc3c2F)cc1. The van der Waals surface area contributed by atoms with E-state index in [1.807, 2.05) is 12.1 Å². The van der Waals surface area contributed by atoms with Crippen LogP contribution in [0.1, 0.15) is 35.1 Å². The van der Waals surface area contributed by atoms with Gasteiger partial charge in [0.1, 0.15) is 11.6 Å². The Kier molecular flexibility index (Phi) is 5.75. The second-order valence-corrected chi connectivity index (χ2v) is 8.65. The summed E-state index contributed by atoms with van der Waals surface area (Å²) in [4.78, 5) is 10.9. The molecule has 0 spiro atoms. The molecule has 1 saturated carbocycles. The molecule has 0 atom stereocenters. The minimum atomic E-state index is -1.04. The molecular weight excluding hydrogens is 458 g/mol. The summed E-state index contributed by atoms with van der Waals surface area (Å²) in [5.74, 6) is -1.73. The quantitative estimate of drug-likeness (QED) is 0.233. The Morgan fingerprint density at radius 3 is 2.47 bits per heavy atom. The number of carboxylic acids is 1. The van der Waals surface area contributed by atoms with Gasteiger partial charge in [-0.3, -0.25) is 5.10 Å². The fourth-order valence-corrected chi connectivity index (χ4v) is 4.47. The van der Waals surface area contributed by atoms with Gasteiger partial charge in [0.05, 0.1) is 22.1 Å². The lowest BCUT2D eigenvalue weighted by Gasteiger charge is -2.19. The van der Waals surface area contributed by atoms with E-state index in [4.69, 9.17) is 16.7 Å².